The molecular formula is C15H25NO4. The summed E-state index contributed by atoms with van der Waals surface area (Å²) in [5.41, 5.74) is 0. The van der Waals surface area contributed by atoms with Crippen molar-refractivity contribution in [2.75, 3.05) is 19.8 Å². The first-order valence-corrected chi connectivity index (χ1v) is 7.67. The number of ether oxygens (including phenoxy) is 2. The fourth-order valence-electron chi connectivity index (χ4n) is 2.92. The van der Waals surface area contributed by atoms with Crippen molar-refractivity contribution in [3.63, 3.8) is 0 Å². The lowest BCUT2D eigenvalue weighted by Crippen LogP contribution is -2.46. The van der Waals surface area contributed by atoms with Gasteiger partial charge in [-0.3, -0.25) is 4.79 Å². The third-order valence-corrected chi connectivity index (χ3v) is 4.00. The van der Waals surface area contributed by atoms with E-state index >= 15 is 0 Å². The molecule has 2 rings (SSSR count). The summed E-state index contributed by atoms with van der Waals surface area (Å²) in [7, 11) is 0. The number of hydrogen-bond donors (Lipinski definition) is 0. The quantitative estimate of drug-likeness (QED) is 0.721. The lowest BCUT2D eigenvalue weighted by molar-refractivity contribution is -0.160. The Hall–Kier alpha value is -1.10. The van der Waals surface area contributed by atoms with Crippen LogP contribution in [0.1, 0.15) is 46.0 Å². The lowest BCUT2D eigenvalue weighted by Gasteiger charge is -2.30. The van der Waals surface area contributed by atoms with E-state index in [2.05, 4.69) is 0 Å². The van der Waals surface area contributed by atoms with Crippen LogP contribution in [0.15, 0.2) is 0 Å². The third kappa shape index (κ3) is 3.72. The Kier molecular flexibility index (Phi) is 5.40. The van der Waals surface area contributed by atoms with E-state index in [1.165, 1.54) is 0 Å². The average Bonchev–Trinajstić information content (AvgIpc) is 2.84. The Bertz CT molecular complexity index is 350. The third-order valence-electron chi connectivity index (χ3n) is 4.00. The van der Waals surface area contributed by atoms with Gasteiger partial charge in [-0.15, -0.1) is 0 Å². The molecule has 0 radical (unpaired) electrons. The number of nitrogens with zero attached hydrogens (tertiary/aromatic N) is 1. The van der Waals surface area contributed by atoms with Crippen molar-refractivity contribution in [2.45, 2.75) is 58.1 Å². The van der Waals surface area contributed by atoms with Crippen molar-refractivity contribution in [2.24, 2.45) is 5.92 Å². The van der Waals surface area contributed by atoms with Gasteiger partial charge in [-0.2, -0.15) is 0 Å². The van der Waals surface area contributed by atoms with Crippen LogP contribution in [0.5, 0.6) is 0 Å². The highest BCUT2D eigenvalue weighted by Gasteiger charge is 2.36. The van der Waals surface area contributed by atoms with Gasteiger partial charge in [-0.25, -0.2) is 4.79 Å². The van der Waals surface area contributed by atoms with Crippen LogP contribution in [-0.2, 0) is 19.1 Å². The monoisotopic (exact) mass is 283 g/mol. The second-order valence-electron chi connectivity index (χ2n) is 6.00. The number of likely N-dealkylation sites (tertiary alicyclic amines) is 1. The van der Waals surface area contributed by atoms with Crippen LogP contribution in [0.4, 0.5) is 0 Å². The molecule has 0 spiro atoms. The van der Waals surface area contributed by atoms with Gasteiger partial charge in [0, 0.05) is 19.6 Å². The second kappa shape index (κ2) is 7.07. The molecule has 2 heterocycles. The van der Waals surface area contributed by atoms with E-state index in [1.54, 1.807) is 4.90 Å². The Morgan fingerprint density at radius 1 is 1.40 bits per heavy atom. The topological polar surface area (TPSA) is 55.8 Å². The second-order valence-corrected chi connectivity index (χ2v) is 6.00. The van der Waals surface area contributed by atoms with Gasteiger partial charge in [0.1, 0.15) is 12.6 Å². The van der Waals surface area contributed by atoms with Gasteiger partial charge in [0.25, 0.3) is 0 Å². The highest BCUT2D eigenvalue weighted by Crippen LogP contribution is 2.21. The first-order valence-electron chi connectivity index (χ1n) is 7.67. The molecule has 2 unspecified atom stereocenters. The smallest absolute Gasteiger partial charge is 0.329 e. The molecule has 0 aromatic heterocycles. The maximum Gasteiger partial charge on any atom is 0.329 e. The molecule has 0 bridgehead atoms. The van der Waals surface area contributed by atoms with E-state index in [0.29, 0.717) is 19.6 Å². The average molecular weight is 283 g/mol. The number of carbonyl (C=O) groups excluding carboxylic acids is 2. The summed E-state index contributed by atoms with van der Waals surface area (Å²) in [6, 6.07) is -0.450. The number of rotatable bonds is 5. The molecule has 5 heteroatoms. The van der Waals surface area contributed by atoms with Crippen LogP contribution in [0.3, 0.4) is 0 Å². The minimum Gasteiger partial charge on any atom is -0.461 e. The summed E-state index contributed by atoms with van der Waals surface area (Å²) < 4.78 is 11.0. The summed E-state index contributed by atoms with van der Waals surface area (Å²) in [5.74, 6) is -0.157. The number of carbonyl (C=O) groups is 2. The summed E-state index contributed by atoms with van der Waals surface area (Å²) in [5, 5.41) is 0. The van der Waals surface area contributed by atoms with Crippen molar-refractivity contribution in [1.82, 2.24) is 4.90 Å². The van der Waals surface area contributed by atoms with Crippen LogP contribution in [0.2, 0.25) is 0 Å². The normalized spacial score (nSPS) is 25.1. The molecule has 2 fully saturated rings. The summed E-state index contributed by atoms with van der Waals surface area (Å²) in [6.45, 7) is 5.63. The van der Waals surface area contributed by atoms with Crippen LogP contribution >= 0.6 is 0 Å². The predicted octanol–water partition coefficient (Wildman–Crippen LogP) is 1.75. The molecule has 0 saturated carbocycles. The molecule has 0 aromatic carbocycles. The van der Waals surface area contributed by atoms with Crippen LogP contribution < -0.4 is 0 Å². The van der Waals surface area contributed by atoms with Crippen molar-refractivity contribution in [3.8, 4) is 0 Å². The fourth-order valence-corrected chi connectivity index (χ4v) is 2.92. The Morgan fingerprint density at radius 3 is 2.75 bits per heavy atom. The minimum atomic E-state index is -0.450. The molecule has 20 heavy (non-hydrogen) atoms. The summed E-state index contributed by atoms with van der Waals surface area (Å²) in [6.07, 6.45) is 4.56. The molecule has 2 saturated heterocycles. The van der Waals surface area contributed by atoms with Gasteiger partial charge in [0.2, 0.25) is 5.91 Å². The standard InChI is InChI=1S/C15H25NO4/c1-11(2)14(16-8-5-7-13(16)17)15(18)20-10-12-6-3-4-9-19-12/h11-12,14H,3-10H2,1-2H3. The molecule has 0 N–H and O–H groups in total. The lowest BCUT2D eigenvalue weighted by atomic mass is 10.0. The van der Waals surface area contributed by atoms with Gasteiger partial charge in [-0.1, -0.05) is 13.8 Å². The molecule has 1 amide bonds. The molecule has 114 valence electrons. The molecule has 0 aliphatic carbocycles. The molecule has 2 aliphatic rings. The minimum absolute atomic E-state index is 0.0230. The maximum atomic E-state index is 12.3. The van der Waals surface area contributed by atoms with Crippen LogP contribution in [0, 0.1) is 5.92 Å². The number of esters is 1. The van der Waals surface area contributed by atoms with E-state index in [1.807, 2.05) is 13.8 Å². The van der Waals surface area contributed by atoms with Crippen molar-refractivity contribution in [3.05, 3.63) is 0 Å². The van der Waals surface area contributed by atoms with E-state index in [-0.39, 0.29) is 23.9 Å². The molecular weight excluding hydrogens is 258 g/mol. The van der Waals surface area contributed by atoms with E-state index in [4.69, 9.17) is 9.47 Å². The predicted molar refractivity (Wildman–Crippen MR) is 74.1 cm³/mol. The molecule has 5 nitrogen and oxygen atoms in total. The van der Waals surface area contributed by atoms with Crippen LogP contribution in [0.25, 0.3) is 0 Å². The Labute approximate surface area is 120 Å². The van der Waals surface area contributed by atoms with Gasteiger partial charge in [-0.05, 0) is 31.6 Å². The van der Waals surface area contributed by atoms with Crippen molar-refractivity contribution >= 4 is 11.9 Å². The zero-order valence-electron chi connectivity index (χ0n) is 12.5. The Morgan fingerprint density at radius 2 is 2.20 bits per heavy atom. The van der Waals surface area contributed by atoms with Crippen LogP contribution in [-0.4, -0.2) is 48.7 Å². The van der Waals surface area contributed by atoms with Crippen molar-refractivity contribution in [1.29, 1.82) is 0 Å². The highest BCUT2D eigenvalue weighted by molar-refractivity contribution is 5.86. The highest BCUT2D eigenvalue weighted by atomic mass is 16.6. The van der Waals surface area contributed by atoms with Gasteiger partial charge < -0.3 is 14.4 Å². The van der Waals surface area contributed by atoms with E-state index in [0.717, 1.165) is 32.3 Å². The SMILES string of the molecule is CC(C)C(C(=O)OCC1CCCCO1)N1CCCC1=O. The maximum absolute atomic E-state index is 12.3. The largest absolute Gasteiger partial charge is 0.461 e. The van der Waals surface area contributed by atoms with Crippen molar-refractivity contribution < 1.29 is 19.1 Å². The summed E-state index contributed by atoms with van der Waals surface area (Å²) in [4.78, 5) is 25.8. The van der Waals surface area contributed by atoms with Gasteiger partial charge >= 0.3 is 5.97 Å². The first kappa shape index (κ1) is 15.3. The fraction of sp³-hybridized carbons (Fsp3) is 0.867. The molecule has 2 atom stereocenters. The first-order chi connectivity index (χ1) is 9.59. The molecule has 2 aliphatic heterocycles. The molecule has 0 aromatic rings. The van der Waals surface area contributed by atoms with E-state index < -0.39 is 6.04 Å². The zero-order valence-corrected chi connectivity index (χ0v) is 12.5. The zero-order chi connectivity index (χ0) is 14.5. The number of hydrogen-bond acceptors (Lipinski definition) is 4. The Balaban J connectivity index is 1.88. The van der Waals surface area contributed by atoms with E-state index in [9.17, 15) is 9.59 Å². The van der Waals surface area contributed by atoms with Gasteiger partial charge in [0.15, 0.2) is 0 Å². The van der Waals surface area contributed by atoms with Gasteiger partial charge in [0.05, 0.1) is 6.10 Å². The summed E-state index contributed by atoms with van der Waals surface area (Å²) >= 11 is 0. The number of amides is 1.